The number of ether oxygens (including phenoxy) is 1. The summed E-state index contributed by atoms with van der Waals surface area (Å²) in [4.78, 5) is 3.96. The van der Waals surface area contributed by atoms with Gasteiger partial charge in [0.2, 0.25) is 0 Å². The standard InChI is InChI=1S/C15H11N7O/c1-2-11(10-13(3-1)23-12-6-8-16-9-7-12)17-14-4-5-15-18-20-21-22(15)19-14/h1-10H,(H,17,19). The van der Waals surface area contributed by atoms with Gasteiger partial charge in [-0.15, -0.1) is 14.8 Å². The molecule has 4 rings (SSSR count). The van der Waals surface area contributed by atoms with Crippen LogP contribution in [0.4, 0.5) is 11.5 Å². The first kappa shape index (κ1) is 13.1. The summed E-state index contributed by atoms with van der Waals surface area (Å²) in [5, 5.41) is 18.6. The van der Waals surface area contributed by atoms with Gasteiger partial charge in [-0.2, -0.15) is 0 Å². The maximum atomic E-state index is 5.78. The number of benzene rings is 1. The smallest absolute Gasteiger partial charge is 0.200 e. The van der Waals surface area contributed by atoms with Crippen LogP contribution in [0.5, 0.6) is 11.5 Å². The lowest BCUT2D eigenvalue weighted by atomic mass is 10.3. The van der Waals surface area contributed by atoms with Crippen LogP contribution in [0.2, 0.25) is 0 Å². The summed E-state index contributed by atoms with van der Waals surface area (Å²) in [7, 11) is 0. The van der Waals surface area contributed by atoms with Crippen LogP contribution in [0.25, 0.3) is 5.65 Å². The molecule has 23 heavy (non-hydrogen) atoms. The van der Waals surface area contributed by atoms with Gasteiger partial charge in [0, 0.05) is 24.1 Å². The highest BCUT2D eigenvalue weighted by Gasteiger charge is 2.03. The molecule has 3 heterocycles. The Labute approximate surface area is 130 Å². The van der Waals surface area contributed by atoms with Crippen molar-refractivity contribution in [2.75, 3.05) is 5.32 Å². The first-order chi connectivity index (χ1) is 11.4. The minimum atomic E-state index is 0.588. The largest absolute Gasteiger partial charge is 0.457 e. The van der Waals surface area contributed by atoms with Crippen LogP contribution < -0.4 is 10.1 Å². The SMILES string of the molecule is c1cc(Nc2ccc3nnnn3n2)cc(Oc2ccncc2)c1. The quantitative estimate of drug-likeness (QED) is 0.619. The van der Waals surface area contributed by atoms with Gasteiger partial charge in [-0.1, -0.05) is 6.07 Å². The highest BCUT2D eigenvalue weighted by Crippen LogP contribution is 2.24. The van der Waals surface area contributed by atoms with E-state index in [1.54, 1.807) is 30.6 Å². The molecule has 0 unspecified atom stereocenters. The van der Waals surface area contributed by atoms with E-state index in [0.717, 1.165) is 11.4 Å². The zero-order valence-electron chi connectivity index (χ0n) is 11.9. The minimum Gasteiger partial charge on any atom is -0.457 e. The number of hydrogen-bond donors (Lipinski definition) is 1. The molecule has 0 radical (unpaired) electrons. The molecule has 0 aliphatic heterocycles. The van der Waals surface area contributed by atoms with Crippen molar-refractivity contribution in [1.82, 2.24) is 30.2 Å². The third-order valence-corrected chi connectivity index (χ3v) is 3.06. The zero-order chi connectivity index (χ0) is 15.5. The average Bonchev–Trinajstić information content (AvgIpc) is 3.04. The van der Waals surface area contributed by atoms with E-state index in [1.807, 2.05) is 30.3 Å². The second-order valence-corrected chi connectivity index (χ2v) is 4.68. The van der Waals surface area contributed by atoms with Crippen LogP contribution in [0, 0.1) is 0 Å². The number of tetrazole rings is 1. The van der Waals surface area contributed by atoms with Crippen molar-refractivity contribution in [3.8, 4) is 11.5 Å². The van der Waals surface area contributed by atoms with Crippen LogP contribution in [-0.2, 0) is 0 Å². The summed E-state index contributed by atoms with van der Waals surface area (Å²) < 4.78 is 7.14. The van der Waals surface area contributed by atoms with E-state index in [4.69, 9.17) is 4.74 Å². The van der Waals surface area contributed by atoms with Gasteiger partial charge < -0.3 is 10.1 Å². The van der Waals surface area contributed by atoms with Gasteiger partial charge in [-0.3, -0.25) is 4.98 Å². The highest BCUT2D eigenvalue weighted by molar-refractivity contribution is 5.59. The Morgan fingerprint density at radius 1 is 0.957 bits per heavy atom. The van der Waals surface area contributed by atoms with Gasteiger partial charge >= 0.3 is 0 Å². The molecular formula is C15H11N7O. The number of rotatable bonds is 4. The summed E-state index contributed by atoms with van der Waals surface area (Å²) in [6.07, 6.45) is 3.37. The number of hydrogen-bond acceptors (Lipinski definition) is 7. The van der Waals surface area contributed by atoms with Gasteiger partial charge in [0.15, 0.2) is 11.5 Å². The number of nitrogens with one attached hydrogen (secondary N) is 1. The van der Waals surface area contributed by atoms with E-state index in [-0.39, 0.29) is 0 Å². The van der Waals surface area contributed by atoms with E-state index >= 15 is 0 Å². The van der Waals surface area contributed by atoms with Crippen LogP contribution in [0.1, 0.15) is 0 Å². The molecule has 0 spiro atoms. The third-order valence-electron chi connectivity index (χ3n) is 3.06. The van der Waals surface area contributed by atoms with Crippen molar-refractivity contribution in [3.63, 3.8) is 0 Å². The number of fused-ring (bicyclic) bond motifs is 1. The fourth-order valence-electron chi connectivity index (χ4n) is 2.04. The van der Waals surface area contributed by atoms with E-state index < -0.39 is 0 Å². The molecule has 8 heteroatoms. The Morgan fingerprint density at radius 2 is 1.87 bits per heavy atom. The molecule has 1 N–H and O–H groups in total. The normalized spacial score (nSPS) is 10.6. The zero-order valence-corrected chi connectivity index (χ0v) is 11.9. The molecule has 112 valence electrons. The topological polar surface area (TPSA) is 90.1 Å². The fourth-order valence-corrected chi connectivity index (χ4v) is 2.04. The van der Waals surface area contributed by atoms with Gasteiger partial charge in [-0.05, 0) is 46.8 Å². The average molecular weight is 305 g/mol. The molecule has 0 saturated carbocycles. The molecule has 0 bridgehead atoms. The van der Waals surface area contributed by atoms with Gasteiger partial charge in [0.1, 0.15) is 11.5 Å². The Morgan fingerprint density at radius 3 is 2.78 bits per heavy atom. The van der Waals surface area contributed by atoms with Crippen molar-refractivity contribution in [1.29, 1.82) is 0 Å². The minimum absolute atomic E-state index is 0.588. The predicted molar refractivity (Wildman–Crippen MR) is 82.6 cm³/mol. The molecule has 0 atom stereocenters. The first-order valence-corrected chi connectivity index (χ1v) is 6.87. The Kier molecular flexibility index (Phi) is 3.24. The molecule has 0 fully saturated rings. The lowest BCUT2D eigenvalue weighted by molar-refractivity contribution is 0.482. The molecular weight excluding hydrogens is 294 g/mol. The van der Waals surface area contributed by atoms with Gasteiger partial charge in [0.05, 0.1) is 0 Å². The van der Waals surface area contributed by atoms with E-state index in [9.17, 15) is 0 Å². The lowest BCUT2D eigenvalue weighted by Gasteiger charge is -2.09. The molecule has 0 aliphatic carbocycles. The molecule has 3 aromatic heterocycles. The number of aromatic nitrogens is 6. The number of pyridine rings is 1. The van der Waals surface area contributed by atoms with Crippen molar-refractivity contribution in [2.45, 2.75) is 0 Å². The lowest BCUT2D eigenvalue weighted by Crippen LogP contribution is -2.00. The Bertz CT molecular complexity index is 939. The van der Waals surface area contributed by atoms with Crippen LogP contribution in [0.3, 0.4) is 0 Å². The second kappa shape index (κ2) is 5.68. The van der Waals surface area contributed by atoms with E-state index in [0.29, 0.717) is 17.2 Å². The monoisotopic (exact) mass is 305 g/mol. The predicted octanol–water partition coefficient (Wildman–Crippen LogP) is 2.45. The summed E-state index contributed by atoms with van der Waals surface area (Å²) in [5.41, 5.74) is 1.43. The maximum Gasteiger partial charge on any atom is 0.200 e. The van der Waals surface area contributed by atoms with Crippen LogP contribution in [-0.4, -0.2) is 30.2 Å². The number of anilines is 2. The molecule has 0 amide bonds. The van der Waals surface area contributed by atoms with Crippen molar-refractivity contribution in [2.24, 2.45) is 0 Å². The second-order valence-electron chi connectivity index (χ2n) is 4.68. The van der Waals surface area contributed by atoms with Crippen molar-refractivity contribution >= 4 is 17.2 Å². The van der Waals surface area contributed by atoms with Crippen LogP contribution >= 0.6 is 0 Å². The Hall–Kier alpha value is -3.55. The number of nitrogens with zero attached hydrogens (tertiary/aromatic N) is 6. The highest BCUT2D eigenvalue weighted by atomic mass is 16.5. The van der Waals surface area contributed by atoms with Crippen molar-refractivity contribution in [3.05, 3.63) is 60.9 Å². The summed E-state index contributed by atoms with van der Waals surface area (Å²) in [5.74, 6) is 2.07. The molecule has 0 aliphatic rings. The summed E-state index contributed by atoms with van der Waals surface area (Å²) in [6.45, 7) is 0. The molecule has 0 saturated heterocycles. The first-order valence-electron chi connectivity index (χ1n) is 6.87. The molecule has 4 aromatic rings. The van der Waals surface area contributed by atoms with Crippen molar-refractivity contribution < 1.29 is 4.74 Å². The van der Waals surface area contributed by atoms with Crippen LogP contribution in [0.15, 0.2) is 60.9 Å². The summed E-state index contributed by atoms with van der Waals surface area (Å²) in [6, 6.07) is 14.8. The molecule has 1 aromatic carbocycles. The van der Waals surface area contributed by atoms with Gasteiger partial charge in [-0.25, -0.2) is 0 Å². The fraction of sp³-hybridized carbons (Fsp3) is 0. The third kappa shape index (κ3) is 2.91. The molecule has 8 nitrogen and oxygen atoms in total. The Balaban J connectivity index is 1.56. The maximum absolute atomic E-state index is 5.78. The summed E-state index contributed by atoms with van der Waals surface area (Å²) >= 11 is 0. The van der Waals surface area contributed by atoms with E-state index in [2.05, 4.69) is 30.9 Å². The van der Waals surface area contributed by atoms with Gasteiger partial charge in [0.25, 0.3) is 0 Å². The van der Waals surface area contributed by atoms with E-state index in [1.165, 1.54) is 4.63 Å².